The van der Waals surface area contributed by atoms with Crippen LogP contribution in [0.4, 0.5) is 5.82 Å². The van der Waals surface area contributed by atoms with Crippen molar-refractivity contribution in [3.8, 4) is 22.6 Å². The first-order chi connectivity index (χ1) is 15.1. The molecule has 0 aliphatic carbocycles. The molecule has 1 atom stereocenters. The summed E-state index contributed by atoms with van der Waals surface area (Å²) < 4.78 is 10.6. The number of methoxy groups -OCH3 is 2. The Balaban J connectivity index is 1.63. The van der Waals surface area contributed by atoms with E-state index in [0.717, 1.165) is 38.7 Å². The molecule has 0 saturated heterocycles. The Bertz CT molecular complexity index is 1140. The Labute approximate surface area is 186 Å². The van der Waals surface area contributed by atoms with Crippen LogP contribution in [0.25, 0.3) is 21.3 Å². The van der Waals surface area contributed by atoms with Gasteiger partial charge >= 0.3 is 0 Å². The summed E-state index contributed by atoms with van der Waals surface area (Å²) in [6.07, 6.45) is 1.62. The van der Waals surface area contributed by atoms with Gasteiger partial charge in [0.1, 0.15) is 28.5 Å². The van der Waals surface area contributed by atoms with Crippen LogP contribution in [0.5, 0.6) is 11.5 Å². The first-order valence-corrected chi connectivity index (χ1v) is 10.9. The van der Waals surface area contributed by atoms with Crippen LogP contribution < -0.4 is 14.8 Å². The Hall–Kier alpha value is -3.16. The summed E-state index contributed by atoms with van der Waals surface area (Å²) in [4.78, 5) is 12.2. The zero-order chi connectivity index (χ0) is 21.8. The van der Waals surface area contributed by atoms with Crippen molar-refractivity contribution in [2.45, 2.75) is 6.04 Å². The molecular formula is C24H26N4O2S. The molecule has 0 saturated carbocycles. The van der Waals surface area contributed by atoms with Crippen molar-refractivity contribution in [2.75, 3.05) is 40.2 Å². The minimum Gasteiger partial charge on any atom is -0.497 e. The summed E-state index contributed by atoms with van der Waals surface area (Å²) in [6.45, 7) is 0.712. The Morgan fingerprint density at radius 1 is 0.935 bits per heavy atom. The van der Waals surface area contributed by atoms with Crippen LogP contribution in [0.1, 0.15) is 11.6 Å². The van der Waals surface area contributed by atoms with Gasteiger partial charge in [-0.3, -0.25) is 0 Å². The minimum absolute atomic E-state index is 0.180. The Morgan fingerprint density at radius 2 is 1.58 bits per heavy atom. The predicted octanol–water partition coefficient (Wildman–Crippen LogP) is 5.09. The van der Waals surface area contributed by atoms with Gasteiger partial charge in [-0.2, -0.15) is 0 Å². The van der Waals surface area contributed by atoms with Gasteiger partial charge in [0.25, 0.3) is 0 Å². The average molecular weight is 435 g/mol. The van der Waals surface area contributed by atoms with Crippen LogP contribution in [0, 0.1) is 0 Å². The van der Waals surface area contributed by atoms with Gasteiger partial charge in [-0.25, -0.2) is 9.97 Å². The van der Waals surface area contributed by atoms with E-state index < -0.39 is 0 Å². The summed E-state index contributed by atoms with van der Waals surface area (Å²) in [5.74, 6) is 2.54. The maximum atomic E-state index is 5.29. The molecular weight excluding hydrogens is 408 g/mol. The lowest BCUT2D eigenvalue weighted by Gasteiger charge is -2.25. The lowest BCUT2D eigenvalue weighted by Crippen LogP contribution is -2.27. The van der Waals surface area contributed by atoms with Crippen LogP contribution in [-0.2, 0) is 0 Å². The molecule has 2 aromatic carbocycles. The van der Waals surface area contributed by atoms with Crippen LogP contribution in [0.3, 0.4) is 0 Å². The fourth-order valence-electron chi connectivity index (χ4n) is 3.61. The zero-order valence-electron chi connectivity index (χ0n) is 18.1. The molecule has 0 aliphatic heterocycles. The summed E-state index contributed by atoms with van der Waals surface area (Å²) in [5, 5.41) is 6.76. The standard InChI is InChI=1S/C24H26N4O2S/c1-28(2)21(17-7-11-19(30-4)12-8-17)13-25-23-22-20(14-31-24(22)27-15-26-23)16-5-9-18(29-3)10-6-16/h5-12,14-15,21H,13H2,1-4H3,(H,25,26,27)/t21-/m1/s1. The highest BCUT2D eigenvalue weighted by atomic mass is 32.1. The van der Waals surface area contributed by atoms with Gasteiger partial charge in [-0.1, -0.05) is 24.3 Å². The van der Waals surface area contributed by atoms with Crippen molar-refractivity contribution in [1.82, 2.24) is 14.9 Å². The number of ether oxygens (including phenoxy) is 2. The monoisotopic (exact) mass is 434 g/mol. The van der Waals surface area contributed by atoms with E-state index in [4.69, 9.17) is 9.47 Å². The van der Waals surface area contributed by atoms with Crippen LogP contribution in [-0.4, -0.2) is 49.7 Å². The lowest BCUT2D eigenvalue weighted by molar-refractivity contribution is 0.311. The quantitative estimate of drug-likeness (QED) is 0.417. The van der Waals surface area contributed by atoms with Gasteiger partial charge in [-0.15, -0.1) is 11.3 Å². The number of nitrogens with one attached hydrogen (secondary N) is 1. The number of likely N-dealkylation sites (N-methyl/N-ethyl adjacent to an activating group) is 1. The largest absolute Gasteiger partial charge is 0.497 e. The van der Waals surface area contributed by atoms with E-state index in [2.05, 4.69) is 63.9 Å². The Kier molecular flexibility index (Phi) is 6.34. The molecule has 1 N–H and O–H groups in total. The summed E-state index contributed by atoms with van der Waals surface area (Å²) >= 11 is 1.63. The maximum absolute atomic E-state index is 5.29. The first-order valence-electron chi connectivity index (χ1n) is 10.0. The number of fused-ring (bicyclic) bond motifs is 1. The second-order valence-corrected chi connectivity index (χ2v) is 8.27. The second-order valence-electron chi connectivity index (χ2n) is 7.41. The topological polar surface area (TPSA) is 59.5 Å². The third-order valence-corrected chi connectivity index (χ3v) is 6.24. The highest BCUT2D eigenvalue weighted by Gasteiger charge is 2.17. The summed E-state index contributed by atoms with van der Waals surface area (Å²) in [6, 6.07) is 16.5. The first kappa shape index (κ1) is 21.1. The smallest absolute Gasteiger partial charge is 0.138 e. The summed E-state index contributed by atoms with van der Waals surface area (Å²) in [5.41, 5.74) is 3.45. The van der Waals surface area contributed by atoms with Gasteiger partial charge in [0.15, 0.2) is 0 Å². The number of rotatable bonds is 8. The normalized spacial score (nSPS) is 12.2. The number of hydrogen-bond acceptors (Lipinski definition) is 7. The highest BCUT2D eigenvalue weighted by molar-refractivity contribution is 7.17. The van der Waals surface area contributed by atoms with Crippen molar-refractivity contribution in [1.29, 1.82) is 0 Å². The highest BCUT2D eigenvalue weighted by Crippen LogP contribution is 2.37. The molecule has 7 heteroatoms. The third kappa shape index (κ3) is 4.47. The van der Waals surface area contributed by atoms with Crippen molar-refractivity contribution in [3.05, 3.63) is 65.8 Å². The van der Waals surface area contributed by atoms with E-state index in [1.165, 1.54) is 5.56 Å². The molecule has 6 nitrogen and oxygen atoms in total. The molecule has 0 bridgehead atoms. The molecule has 2 aromatic heterocycles. The van der Waals surface area contributed by atoms with Gasteiger partial charge < -0.3 is 19.7 Å². The number of hydrogen-bond donors (Lipinski definition) is 1. The van der Waals surface area contributed by atoms with Gasteiger partial charge in [0.05, 0.1) is 25.6 Å². The van der Waals surface area contributed by atoms with E-state index in [9.17, 15) is 0 Å². The van der Waals surface area contributed by atoms with Gasteiger partial charge in [-0.05, 0) is 49.5 Å². The second kappa shape index (κ2) is 9.32. The Morgan fingerprint density at radius 3 is 2.19 bits per heavy atom. The van der Waals surface area contributed by atoms with Gasteiger partial charge in [0.2, 0.25) is 0 Å². The average Bonchev–Trinajstić information content (AvgIpc) is 3.24. The molecule has 160 valence electrons. The molecule has 0 fully saturated rings. The SMILES string of the molecule is COc1ccc(-c2csc3ncnc(NC[C@H](c4ccc(OC)cc4)N(C)C)c23)cc1. The van der Waals surface area contributed by atoms with Crippen LogP contribution >= 0.6 is 11.3 Å². The number of anilines is 1. The maximum Gasteiger partial charge on any atom is 0.138 e. The van der Waals surface area contributed by atoms with Crippen LogP contribution in [0.15, 0.2) is 60.2 Å². The van der Waals surface area contributed by atoms with Crippen molar-refractivity contribution in [3.63, 3.8) is 0 Å². The zero-order valence-corrected chi connectivity index (χ0v) is 18.9. The van der Waals surface area contributed by atoms with E-state index in [-0.39, 0.29) is 6.04 Å². The van der Waals surface area contributed by atoms with E-state index in [0.29, 0.717) is 6.54 Å². The fourth-order valence-corrected chi connectivity index (χ4v) is 4.53. The fraction of sp³-hybridized carbons (Fsp3) is 0.250. The lowest BCUT2D eigenvalue weighted by atomic mass is 10.0. The van der Waals surface area contributed by atoms with Crippen molar-refractivity contribution < 1.29 is 9.47 Å². The predicted molar refractivity (Wildman–Crippen MR) is 127 cm³/mol. The van der Waals surface area contributed by atoms with Crippen LogP contribution in [0.2, 0.25) is 0 Å². The molecule has 4 aromatic rings. The number of benzene rings is 2. The van der Waals surface area contributed by atoms with E-state index in [1.807, 2.05) is 24.3 Å². The number of aromatic nitrogens is 2. The van der Waals surface area contributed by atoms with E-state index in [1.54, 1.807) is 31.9 Å². The minimum atomic E-state index is 0.180. The number of thiophene rings is 1. The van der Waals surface area contributed by atoms with Gasteiger partial charge in [0, 0.05) is 17.5 Å². The molecule has 4 rings (SSSR count). The van der Waals surface area contributed by atoms with E-state index >= 15 is 0 Å². The molecule has 0 spiro atoms. The third-order valence-electron chi connectivity index (χ3n) is 5.36. The van der Waals surface area contributed by atoms with Crippen molar-refractivity contribution >= 4 is 27.4 Å². The van der Waals surface area contributed by atoms with Crippen molar-refractivity contribution in [2.24, 2.45) is 0 Å². The molecule has 0 unspecified atom stereocenters. The molecule has 0 radical (unpaired) electrons. The molecule has 31 heavy (non-hydrogen) atoms. The number of nitrogens with zero attached hydrogens (tertiary/aromatic N) is 3. The molecule has 2 heterocycles. The summed E-state index contributed by atoms with van der Waals surface area (Å²) in [7, 11) is 7.52. The molecule has 0 amide bonds. The molecule has 0 aliphatic rings.